The van der Waals surface area contributed by atoms with E-state index in [1.807, 2.05) is 6.08 Å². The number of nitrogens with one attached hydrogen (secondary N) is 1. The summed E-state index contributed by atoms with van der Waals surface area (Å²) in [5.74, 6) is -0.0743. The Morgan fingerprint density at radius 3 is 1.00 bits per heavy atom. The van der Waals surface area contributed by atoms with Crippen LogP contribution in [0.5, 0.6) is 0 Å². The minimum Gasteiger partial charge on any atom is -0.466 e. The summed E-state index contributed by atoms with van der Waals surface area (Å²) >= 11 is 0. The van der Waals surface area contributed by atoms with Crippen LogP contribution in [0.15, 0.2) is 12.2 Å². The van der Waals surface area contributed by atoms with Crippen molar-refractivity contribution in [3.8, 4) is 0 Å². The second-order valence-corrected chi connectivity index (χ2v) is 21.4. The molecule has 0 fully saturated rings. The van der Waals surface area contributed by atoms with Crippen LogP contribution in [0, 0.1) is 0 Å². The molecule has 0 aliphatic heterocycles. The Hall–Kier alpha value is -1.40. The quantitative estimate of drug-likeness (QED) is 0.0321. The number of allylic oxidation sites excluding steroid dienone is 1. The molecule has 0 aromatic heterocycles. The molecule has 0 radical (unpaired) electrons. The van der Waals surface area contributed by atoms with Crippen LogP contribution >= 0.6 is 0 Å². The smallest absolute Gasteiger partial charge is 0.305 e. The predicted octanol–water partition coefficient (Wildman–Crippen LogP) is 19.2. The highest BCUT2D eigenvalue weighted by Crippen LogP contribution is 2.18. The maximum atomic E-state index is 12.5. The third-order valence-electron chi connectivity index (χ3n) is 14.6. The molecule has 1 amide bonds. The molecule has 0 aliphatic carbocycles. The first kappa shape index (κ1) is 66.6. The summed E-state index contributed by atoms with van der Waals surface area (Å²) in [6.45, 7) is 4.91. The van der Waals surface area contributed by atoms with Crippen molar-refractivity contribution in [2.75, 3.05) is 13.2 Å². The standard InChI is InChI=1S/C62H121NO5/c1-3-5-7-9-11-13-15-17-19-20-21-22-23-24-25-26-27-30-34-38-42-46-50-54-60(65)59(58-64)63-61(66)55-51-47-43-39-35-31-28-29-33-37-41-45-49-53-57-68-62(67)56-52-48-44-40-36-32-18-16-14-12-10-8-6-4-2/h50,54,59-60,64-65H,3-49,51-53,55-58H2,1-2H3,(H,63,66)/b54-50+. The number of ether oxygens (including phenoxy) is 1. The van der Waals surface area contributed by atoms with E-state index in [9.17, 15) is 19.8 Å². The fourth-order valence-electron chi connectivity index (χ4n) is 9.81. The van der Waals surface area contributed by atoms with E-state index >= 15 is 0 Å². The second-order valence-electron chi connectivity index (χ2n) is 21.4. The molecule has 6 nitrogen and oxygen atoms in total. The van der Waals surface area contributed by atoms with E-state index in [2.05, 4.69) is 19.2 Å². The average Bonchev–Trinajstić information content (AvgIpc) is 3.34. The molecule has 404 valence electrons. The van der Waals surface area contributed by atoms with E-state index in [1.165, 1.54) is 263 Å². The van der Waals surface area contributed by atoms with Crippen molar-refractivity contribution in [3.05, 3.63) is 12.2 Å². The zero-order chi connectivity index (χ0) is 49.3. The van der Waals surface area contributed by atoms with Gasteiger partial charge in [0.15, 0.2) is 0 Å². The predicted molar refractivity (Wildman–Crippen MR) is 297 cm³/mol. The minimum absolute atomic E-state index is 0.0000997. The third kappa shape index (κ3) is 53.9. The van der Waals surface area contributed by atoms with Crippen LogP contribution < -0.4 is 5.32 Å². The van der Waals surface area contributed by atoms with E-state index in [0.29, 0.717) is 19.4 Å². The SMILES string of the molecule is CCCCCCCCCCCCCCCCCCCCCCC/C=C/C(O)C(CO)NC(=O)CCCCCCCCCCCCCCCCOC(=O)CCCCCCCCCCCCCCCC. The molecule has 2 unspecified atom stereocenters. The summed E-state index contributed by atoms with van der Waals surface area (Å²) in [6.07, 6.45) is 69.6. The number of hydrogen-bond acceptors (Lipinski definition) is 5. The van der Waals surface area contributed by atoms with Crippen molar-refractivity contribution in [1.82, 2.24) is 5.32 Å². The molecule has 3 N–H and O–H groups in total. The van der Waals surface area contributed by atoms with Gasteiger partial charge >= 0.3 is 5.97 Å². The highest BCUT2D eigenvalue weighted by atomic mass is 16.5. The lowest BCUT2D eigenvalue weighted by Gasteiger charge is -2.20. The van der Waals surface area contributed by atoms with Crippen molar-refractivity contribution in [3.63, 3.8) is 0 Å². The lowest BCUT2D eigenvalue weighted by atomic mass is 10.0. The number of unbranched alkanes of at least 4 members (excludes halogenated alkanes) is 47. The van der Waals surface area contributed by atoms with Crippen LogP contribution in [-0.2, 0) is 14.3 Å². The molecule has 0 rings (SSSR count). The van der Waals surface area contributed by atoms with Crippen molar-refractivity contribution in [2.45, 2.75) is 360 Å². The first-order valence-corrected chi connectivity index (χ1v) is 31.0. The Labute approximate surface area is 425 Å². The van der Waals surface area contributed by atoms with Gasteiger partial charge < -0.3 is 20.3 Å². The van der Waals surface area contributed by atoms with E-state index < -0.39 is 12.1 Å². The largest absolute Gasteiger partial charge is 0.466 e. The third-order valence-corrected chi connectivity index (χ3v) is 14.6. The molecular formula is C62H121NO5. The van der Waals surface area contributed by atoms with E-state index in [4.69, 9.17) is 4.74 Å². The fourth-order valence-corrected chi connectivity index (χ4v) is 9.81. The Kier molecular flexibility index (Phi) is 57.0. The highest BCUT2D eigenvalue weighted by Gasteiger charge is 2.18. The zero-order valence-corrected chi connectivity index (χ0v) is 46.1. The maximum absolute atomic E-state index is 12.5. The van der Waals surface area contributed by atoms with E-state index in [-0.39, 0.29) is 18.5 Å². The van der Waals surface area contributed by atoms with Gasteiger partial charge in [-0.3, -0.25) is 9.59 Å². The number of aliphatic hydroxyl groups is 2. The molecule has 0 aliphatic rings. The molecule has 6 heteroatoms. The summed E-state index contributed by atoms with van der Waals surface area (Å²) in [6, 6.07) is -0.636. The molecule has 0 aromatic carbocycles. The van der Waals surface area contributed by atoms with Gasteiger partial charge in [-0.25, -0.2) is 0 Å². The molecule has 0 aromatic rings. The second kappa shape index (κ2) is 58.2. The number of esters is 1. The van der Waals surface area contributed by atoms with Gasteiger partial charge in [0.2, 0.25) is 5.91 Å². The molecular weight excluding hydrogens is 839 g/mol. The number of hydrogen-bond donors (Lipinski definition) is 3. The Morgan fingerprint density at radius 1 is 0.397 bits per heavy atom. The molecule has 0 saturated heterocycles. The zero-order valence-electron chi connectivity index (χ0n) is 46.1. The van der Waals surface area contributed by atoms with Crippen LogP contribution in [0.2, 0.25) is 0 Å². The fraction of sp³-hybridized carbons (Fsp3) is 0.935. The van der Waals surface area contributed by atoms with E-state index in [1.54, 1.807) is 6.08 Å². The lowest BCUT2D eigenvalue weighted by molar-refractivity contribution is -0.143. The van der Waals surface area contributed by atoms with Crippen LogP contribution in [0.25, 0.3) is 0 Å². The summed E-state index contributed by atoms with van der Waals surface area (Å²) in [5, 5.41) is 23.2. The van der Waals surface area contributed by atoms with Gasteiger partial charge in [-0.05, 0) is 32.1 Å². The molecule has 0 spiro atoms. The van der Waals surface area contributed by atoms with Crippen LogP contribution in [0.3, 0.4) is 0 Å². The van der Waals surface area contributed by atoms with Crippen molar-refractivity contribution in [1.29, 1.82) is 0 Å². The molecule has 0 saturated carbocycles. The number of rotatable bonds is 58. The Bertz CT molecular complexity index is 1020. The Balaban J connectivity index is 3.46. The molecule has 0 bridgehead atoms. The summed E-state index contributed by atoms with van der Waals surface area (Å²) in [5.41, 5.74) is 0. The van der Waals surface area contributed by atoms with Gasteiger partial charge in [0.05, 0.1) is 25.4 Å². The maximum Gasteiger partial charge on any atom is 0.305 e. The molecule has 2 atom stereocenters. The van der Waals surface area contributed by atoms with Crippen LogP contribution in [-0.4, -0.2) is 47.4 Å². The average molecular weight is 961 g/mol. The van der Waals surface area contributed by atoms with Gasteiger partial charge in [0.1, 0.15) is 0 Å². The van der Waals surface area contributed by atoms with Gasteiger partial charge in [0.25, 0.3) is 0 Å². The van der Waals surface area contributed by atoms with Gasteiger partial charge in [-0.2, -0.15) is 0 Å². The van der Waals surface area contributed by atoms with Crippen LogP contribution in [0.4, 0.5) is 0 Å². The monoisotopic (exact) mass is 960 g/mol. The lowest BCUT2D eigenvalue weighted by Crippen LogP contribution is -2.45. The highest BCUT2D eigenvalue weighted by molar-refractivity contribution is 5.76. The van der Waals surface area contributed by atoms with Gasteiger partial charge in [-0.15, -0.1) is 0 Å². The first-order valence-electron chi connectivity index (χ1n) is 31.0. The number of amides is 1. The topological polar surface area (TPSA) is 95.9 Å². The number of aliphatic hydroxyl groups excluding tert-OH is 2. The minimum atomic E-state index is -0.852. The first-order chi connectivity index (χ1) is 33.5. The molecule has 0 heterocycles. The Morgan fingerprint density at radius 2 is 0.676 bits per heavy atom. The van der Waals surface area contributed by atoms with Crippen molar-refractivity contribution in [2.24, 2.45) is 0 Å². The number of carbonyl (C=O) groups is 2. The van der Waals surface area contributed by atoms with Crippen LogP contribution in [0.1, 0.15) is 348 Å². The normalized spacial score (nSPS) is 12.6. The van der Waals surface area contributed by atoms with Gasteiger partial charge in [0, 0.05) is 12.8 Å². The summed E-state index contributed by atoms with van der Waals surface area (Å²) < 4.78 is 5.48. The van der Waals surface area contributed by atoms with E-state index in [0.717, 1.165) is 57.8 Å². The van der Waals surface area contributed by atoms with Crippen molar-refractivity contribution >= 4 is 11.9 Å². The summed E-state index contributed by atoms with van der Waals surface area (Å²) in [4.78, 5) is 24.6. The number of carbonyl (C=O) groups excluding carboxylic acids is 2. The molecule has 68 heavy (non-hydrogen) atoms. The van der Waals surface area contributed by atoms with Crippen molar-refractivity contribution < 1.29 is 24.5 Å². The summed E-state index contributed by atoms with van der Waals surface area (Å²) in [7, 11) is 0. The van der Waals surface area contributed by atoms with Gasteiger partial charge in [-0.1, -0.05) is 315 Å².